The smallest absolute Gasteiger partial charge is 0.419 e. The van der Waals surface area contributed by atoms with Crippen molar-refractivity contribution in [1.29, 1.82) is 0 Å². The largest absolute Gasteiger partial charge is 0.494 e. The maximum atomic E-state index is 14.4. The first kappa shape index (κ1) is 33.8. The predicted octanol–water partition coefficient (Wildman–Crippen LogP) is 7.17. The molecule has 47 heavy (non-hydrogen) atoms. The molecule has 5 rings (SSSR count). The highest BCUT2D eigenvalue weighted by Gasteiger charge is 2.37. The zero-order chi connectivity index (χ0) is 34.1. The van der Waals surface area contributed by atoms with Crippen LogP contribution in [0, 0.1) is 0 Å². The van der Waals surface area contributed by atoms with Crippen molar-refractivity contribution in [1.82, 2.24) is 18.8 Å². The van der Waals surface area contributed by atoms with Crippen LogP contribution in [0.5, 0.6) is 0 Å². The second kappa shape index (κ2) is 12.9. The third-order valence-corrected chi connectivity index (χ3v) is 9.16. The summed E-state index contributed by atoms with van der Waals surface area (Å²) in [4.78, 5) is 22.4. The van der Waals surface area contributed by atoms with E-state index in [9.17, 15) is 26.4 Å². The number of rotatable bonds is 8. The number of aromatic nitrogens is 3. The van der Waals surface area contributed by atoms with E-state index in [0.717, 1.165) is 10.2 Å². The van der Waals surface area contributed by atoms with Gasteiger partial charge in [-0.3, -0.25) is 0 Å². The van der Waals surface area contributed by atoms with Crippen LogP contribution in [0.4, 0.5) is 23.9 Å². The molecule has 1 atom stereocenters. The van der Waals surface area contributed by atoms with Gasteiger partial charge in [-0.25, -0.2) is 27.2 Å². The maximum absolute atomic E-state index is 14.4. The van der Waals surface area contributed by atoms with E-state index in [1.54, 1.807) is 52.0 Å². The number of alkyl halides is 3. The van der Waals surface area contributed by atoms with Gasteiger partial charge < -0.3 is 19.7 Å². The van der Waals surface area contributed by atoms with Crippen LogP contribution in [-0.2, 0) is 25.7 Å². The number of carbonyl (C=O) groups excluding carboxylic acids is 1. The summed E-state index contributed by atoms with van der Waals surface area (Å²) in [7, 11) is -4.26. The van der Waals surface area contributed by atoms with Crippen LogP contribution in [0.15, 0.2) is 72.4 Å². The highest BCUT2D eigenvalue weighted by atomic mass is 32.2. The van der Waals surface area contributed by atoms with Gasteiger partial charge in [0, 0.05) is 48.0 Å². The molecule has 1 N–H and O–H groups in total. The monoisotopic (exact) mass is 671 g/mol. The van der Waals surface area contributed by atoms with E-state index < -0.39 is 39.2 Å². The van der Waals surface area contributed by atoms with Gasteiger partial charge in [0.1, 0.15) is 16.9 Å². The molecular weight excluding hydrogens is 635 g/mol. The van der Waals surface area contributed by atoms with Gasteiger partial charge in [0.05, 0.1) is 22.7 Å². The minimum atomic E-state index is -4.86. The number of amides is 1. The Balaban J connectivity index is 1.61. The molecule has 0 saturated carbocycles. The Morgan fingerprint density at radius 3 is 2.51 bits per heavy atom. The maximum Gasteiger partial charge on any atom is 0.419 e. The standard InChI is InChI=1S/C33H36F3N5O5S/c1-6-45-21(2)22-14-15-25-26(20-41(28(25)17-22)47(43,44)24-12-8-7-9-13-24)29-27(33(34,35)36)18-37-30(39-29)38-23-11-10-16-40(19-23)31(42)46-32(3,4)5/h7-9,12-15,17-18,20,23H,2,6,10-11,16,19H2,1,3-5H3,(H,37,38,39)/t23-/m0/s1. The molecule has 2 aromatic heterocycles. The van der Waals surface area contributed by atoms with Crippen molar-refractivity contribution in [3.8, 4) is 11.3 Å². The summed E-state index contributed by atoms with van der Waals surface area (Å²) >= 11 is 0. The van der Waals surface area contributed by atoms with Gasteiger partial charge in [-0.2, -0.15) is 13.2 Å². The minimum Gasteiger partial charge on any atom is -0.494 e. The van der Waals surface area contributed by atoms with Crippen molar-refractivity contribution < 1.29 is 35.9 Å². The number of benzene rings is 2. The first-order chi connectivity index (χ1) is 22.1. The number of fused-ring (bicyclic) bond motifs is 1. The number of piperidine rings is 1. The molecule has 0 radical (unpaired) electrons. The minimum absolute atomic E-state index is 0.0505. The molecular formula is C33H36F3N5O5S. The zero-order valence-electron chi connectivity index (χ0n) is 26.5. The van der Waals surface area contributed by atoms with Gasteiger partial charge in [0.25, 0.3) is 10.0 Å². The Labute approximate surface area is 271 Å². The third kappa shape index (κ3) is 7.37. The molecule has 0 aliphatic carbocycles. The molecule has 1 fully saturated rings. The molecule has 0 bridgehead atoms. The van der Waals surface area contributed by atoms with Crippen molar-refractivity contribution in [2.45, 2.75) is 63.3 Å². The third-order valence-electron chi connectivity index (χ3n) is 7.47. The molecule has 1 amide bonds. The number of likely N-dealkylation sites (tertiary alicyclic amines) is 1. The van der Waals surface area contributed by atoms with E-state index in [-0.39, 0.29) is 45.7 Å². The Morgan fingerprint density at radius 2 is 1.85 bits per heavy atom. The van der Waals surface area contributed by atoms with Crippen LogP contribution in [0.25, 0.3) is 27.9 Å². The topological polar surface area (TPSA) is 116 Å². The normalized spacial score (nSPS) is 15.8. The van der Waals surface area contributed by atoms with E-state index in [4.69, 9.17) is 9.47 Å². The average Bonchev–Trinajstić information content (AvgIpc) is 3.40. The van der Waals surface area contributed by atoms with Gasteiger partial charge in [-0.1, -0.05) is 36.9 Å². The van der Waals surface area contributed by atoms with Crippen molar-refractivity contribution in [2.24, 2.45) is 0 Å². The molecule has 0 unspecified atom stereocenters. The zero-order valence-corrected chi connectivity index (χ0v) is 27.3. The van der Waals surface area contributed by atoms with Crippen LogP contribution in [0.2, 0.25) is 0 Å². The highest BCUT2D eigenvalue weighted by Crippen LogP contribution is 2.41. The van der Waals surface area contributed by atoms with Crippen molar-refractivity contribution in [2.75, 3.05) is 25.0 Å². The highest BCUT2D eigenvalue weighted by molar-refractivity contribution is 7.90. The van der Waals surface area contributed by atoms with Crippen molar-refractivity contribution >= 4 is 38.7 Å². The summed E-state index contributed by atoms with van der Waals surface area (Å²) in [6, 6.07) is 11.9. The van der Waals surface area contributed by atoms with Gasteiger partial charge in [-0.15, -0.1) is 0 Å². The Morgan fingerprint density at radius 1 is 1.13 bits per heavy atom. The van der Waals surface area contributed by atoms with Gasteiger partial charge in [-0.05, 0) is 58.7 Å². The lowest BCUT2D eigenvalue weighted by Gasteiger charge is -2.34. The van der Waals surface area contributed by atoms with E-state index in [0.29, 0.717) is 37.8 Å². The fourth-order valence-electron chi connectivity index (χ4n) is 5.36. The van der Waals surface area contributed by atoms with Crippen LogP contribution >= 0.6 is 0 Å². The molecule has 250 valence electrons. The number of nitrogens with zero attached hydrogens (tertiary/aromatic N) is 4. The molecule has 2 aromatic carbocycles. The van der Waals surface area contributed by atoms with Crippen LogP contribution in [0.1, 0.15) is 51.7 Å². The van der Waals surface area contributed by atoms with Crippen molar-refractivity contribution in [3.05, 3.63) is 78.6 Å². The van der Waals surface area contributed by atoms with E-state index in [1.807, 2.05) is 0 Å². The van der Waals surface area contributed by atoms with Gasteiger partial charge in [0.2, 0.25) is 5.95 Å². The second-order valence-corrected chi connectivity index (χ2v) is 13.9. The number of halogens is 3. The Hall–Kier alpha value is -4.59. The predicted molar refractivity (Wildman–Crippen MR) is 172 cm³/mol. The molecule has 3 heterocycles. The van der Waals surface area contributed by atoms with E-state index in [2.05, 4.69) is 21.9 Å². The summed E-state index contributed by atoms with van der Waals surface area (Å²) < 4.78 is 83.1. The average molecular weight is 672 g/mol. The van der Waals surface area contributed by atoms with Crippen LogP contribution in [-0.4, -0.2) is 64.7 Å². The molecule has 0 spiro atoms. The van der Waals surface area contributed by atoms with Gasteiger partial charge >= 0.3 is 12.3 Å². The quantitative estimate of drug-likeness (QED) is 0.196. The number of hydrogen-bond donors (Lipinski definition) is 1. The number of carbonyl (C=O) groups is 1. The molecule has 1 aliphatic heterocycles. The first-order valence-electron chi connectivity index (χ1n) is 15.1. The number of nitrogens with one attached hydrogen (secondary N) is 1. The Bertz CT molecular complexity index is 1900. The number of hydrogen-bond acceptors (Lipinski definition) is 8. The summed E-state index contributed by atoms with van der Waals surface area (Å²) in [5.41, 5.74) is -1.82. The second-order valence-electron chi connectivity index (χ2n) is 12.1. The summed E-state index contributed by atoms with van der Waals surface area (Å²) in [5.74, 6) is 0.176. The lowest BCUT2D eigenvalue weighted by atomic mass is 10.0. The van der Waals surface area contributed by atoms with Crippen molar-refractivity contribution in [3.63, 3.8) is 0 Å². The van der Waals surface area contributed by atoms with E-state index in [1.165, 1.54) is 29.2 Å². The SMILES string of the molecule is C=C(OCC)c1ccc2c(-c3nc(N[C@H]4CCCN(C(=O)OC(C)(C)C)C4)ncc3C(F)(F)F)cn(S(=O)(=O)c3ccccc3)c2c1. The molecule has 1 aliphatic rings. The van der Waals surface area contributed by atoms with Crippen LogP contribution < -0.4 is 5.32 Å². The fraction of sp³-hybridized carbons (Fsp3) is 0.364. The number of anilines is 1. The summed E-state index contributed by atoms with van der Waals surface area (Å²) in [6.07, 6.45) is -2.28. The Kier molecular flexibility index (Phi) is 9.26. The molecule has 4 aromatic rings. The fourth-order valence-corrected chi connectivity index (χ4v) is 6.74. The first-order valence-corrected chi connectivity index (χ1v) is 16.5. The summed E-state index contributed by atoms with van der Waals surface area (Å²) in [6.45, 7) is 12.0. The van der Waals surface area contributed by atoms with E-state index >= 15 is 0 Å². The molecule has 14 heteroatoms. The summed E-state index contributed by atoms with van der Waals surface area (Å²) in [5, 5.41) is 3.28. The van der Waals surface area contributed by atoms with Crippen LogP contribution in [0.3, 0.4) is 0 Å². The molecule has 1 saturated heterocycles. The lowest BCUT2D eigenvalue weighted by molar-refractivity contribution is -0.137. The lowest BCUT2D eigenvalue weighted by Crippen LogP contribution is -2.47. The number of ether oxygens (including phenoxy) is 2. The molecule has 10 nitrogen and oxygen atoms in total. The van der Waals surface area contributed by atoms with Gasteiger partial charge in [0.15, 0.2) is 0 Å².